The third-order valence-electron chi connectivity index (χ3n) is 5.66. The highest BCUT2D eigenvalue weighted by molar-refractivity contribution is 5.93. The van der Waals surface area contributed by atoms with Gasteiger partial charge in [-0.2, -0.15) is 0 Å². The van der Waals surface area contributed by atoms with Gasteiger partial charge < -0.3 is 15.4 Å². The molecule has 0 atom stereocenters. The lowest BCUT2D eigenvalue weighted by molar-refractivity contribution is -0.123. The molecule has 0 saturated carbocycles. The van der Waals surface area contributed by atoms with Crippen molar-refractivity contribution in [1.29, 1.82) is 0 Å². The van der Waals surface area contributed by atoms with Gasteiger partial charge in [-0.1, -0.05) is 60.7 Å². The maximum atomic E-state index is 12.7. The van der Waals surface area contributed by atoms with Crippen LogP contribution >= 0.6 is 0 Å². The van der Waals surface area contributed by atoms with Gasteiger partial charge in [0.15, 0.2) is 5.75 Å². The van der Waals surface area contributed by atoms with E-state index in [2.05, 4.69) is 20.4 Å². The van der Waals surface area contributed by atoms with Crippen LogP contribution in [0, 0.1) is 0 Å². The summed E-state index contributed by atoms with van der Waals surface area (Å²) in [6.07, 6.45) is 0. The molecule has 2 N–H and O–H groups in total. The van der Waals surface area contributed by atoms with E-state index in [0.717, 1.165) is 31.7 Å². The zero-order valence-corrected chi connectivity index (χ0v) is 19.2. The molecule has 7 heteroatoms. The fourth-order valence-electron chi connectivity index (χ4n) is 3.83. The molecule has 1 heterocycles. The summed E-state index contributed by atoms with van der Waals surface area (Å²) < 4.78 is 5.93. The Morgan fingerprint density at radius 3 is 1.94 bits per heavy atom. The first-order chi connectivity index (χ1) is 16.7. The Morgan fingerprint density at radius 2 is 1.26 bits per heavy atom. The van der Waals surface area contributed by atoms with Crippen LogP contribution in [0.3, 0.4) is 0 Å². The van der Waals surface area contributed by atoms with E-state index in [4.69, 9.17) is 4.74 Å². The molecule has 7 nitrogen and oxygen atoms in total. The molecular weight excluding hydrogens is 428 g/mol. The Morgan fingerprint density at radius 1 is 0.706 bits per heavy atom. The second kappa shape index (κ2) is 12.0. The van der Waals surface area contributed by atoms with Gasteiger partial charge >= 0.3 is 0 Å². The molecule has 176 valence electrons. The Bertz CT molecular complexity index is 1070. The van der Waals surface area contributed by atoms with Gasteiger partial charge in [-0.05, 0) is 29.8 Å². The second-order valence-electron chi connectivity index (χ2n) is 8.27. The largest absolute Gasteiger partial charge is 0.455 e. The summed E-state index contributed by atoms with van der Waals surface area (Å²) in [4.78, 5) is 29.2. The van der Waals surface area contributed by atoms with E-state index in [0.29, 0.717) is 36.8 Å². The quantitative estimate of drug-likeness (QED) is 0.515. The summed E-state index contributed by atoms with van der Waals surface area (Å²) in [5.41, 5.74) is 1.73. The van der Waals surface area contributed by atoms with Crippen molar-refractivity contribution in [3.8, 4) is 11.5 Å². The first-order valence-electron chi connectivity index (χ1n) is 11.5. The highest BCUT2D eigenvalue weighted by Gasteiger charge is 2.21. The van der Waals surface area contributed by atoms with Gasteiger partial charge in [0.05, 0.1) is 18.8 Å². The van der Waals surface area contributed by atoms with Crippen LogP contribution in [-0.2, 0) is 16.1 Å². The highest BCUT2D eigenvalue weighted by Crippen LogP contribution is 2.29. The summed E-state index contributed by atoms with van der Waals surface area (Å²) in [5, 5.41) is 5.94. The summed E-state index contributed by atoms with van der Waals surface area (Å²) in [7, 11) is 0. The Balaban J connectivity index is 1.20. The van der Waals surface area contributed by atoms with Crippen molar-refractivity contribution in [3.05, 3.63) is 90.5 Å². The molecule has 1 fully saturated rings. The highest BCUT2D eigenvalue weighted by atomic mass is 16.5. The molecule has 0 aromatic heterocycles. The minimum absolute atomic E-state index is 0.0186. The van der Waals surface area contributed by atoms with Crippen LogP contribution in [0.4, 0.5) is 5.69 Å². The van der Waals surface area contributed by atoms with Crippen molar-refractivity contribution in [2.24, 2.45) is 0 Å². The first-order valence-corrected chi connectivity index (χ1v) is 11.5. The molecule has 4 rings (SSSR count). The lowest BCUT2D eigenvalue weighted by Crippen LogP contribution is -2.50. The first kappa shape index (κ1) is 23.5. The predicted octanol–water partition coefficient (Wildman–Crippen LogP) is 3.35. The van der Waals surface area contributed by atoms with Crippen molar-refractivity contribution < 1.29 is 14.3 Å². The number of hydrogen-bond donors (Lipinski definition) is 2. The average molecular weight is 459 g/mol. The molecule has 0 unspecified atom stereocenters. The number of nitrogens with one attached hydrogen (secondary N) is 2. The van der Waals surface area contributed by atoms with E-state index in [1.807, 2.05) is 84.9 Å². The topological polar surface area (TPSA) is 73.9 Å². The number of carbonyl (C=O) groups is 2. The number of carbonyl (C=O) groups excluding carboxylic acids is 2. The summed E-state index contributed by atoms with van der Waals surface area (Å²) >= 11 is 0. The number of para-hydroxylation sites is 3. The third-order valence-corrected chi connectivity index (χ3v) is 5.66. The van der Waals surface area contributed by atoms with Gasteiger partial charge in [0.25, 0.3) is 0 Å². The molecule has 0 radical (unpaired) electrons. The maximum Gasteiger partial charge on any atom is 0.238 e. The van der Waals surface area contributed by atoms with Crippen LogP contribution in [0.25, 0.3) is 0 Å². The standard InChI is InChI=1S/C27H30N4O3/c32-26(28-19-22-9-3-1-4-10-22)20-30-15-17-31(18-16-30)21-27(33)29-24-13-7-8-14-25(24)34-23-11-5-2-6-12-23/h1-14H,15-21H2,(H,28,32)(H,29,33). The number of hydrogen-bond acceptors (Lipinski definition) is 5. The number of ether oxygens (including phenoxy) is 1. The van der Waals surface area contributed by atoms with Crippen molar-refractivity contribution >= 4 is 17.5 Å². The fourth-order valence-corrected chi connectivity index (χ4v) is 3.83. The predicted molar refractivity (Wildman–Crippen MR) is 133 cm³/mol. The third kappa shape index (κ3) is 7.16. The van der Waals surface area contributed by atoms with Gasteiger partial charge in [0.2, 0.25) is 11.8 Å². The molecular formula is C27H30N4O3. The van der Waals surface area contributed by atoms with E-state index in [1.54, 1.807) is 0 Å². The lowest BCUT2D eigenvalue weighted by Gasteiger charge is -2.33. The molecule has 3 aromatic rings. The van der Waals surface area contributed by atoms with Gasteiger partial charge in [-0.15, -0.1) is 0 Å². The van der Waals surface area contributed by atoms with Crippen molar-refractivity contribution in [2.75, 3.05) is 44.6 Å². The van der Waals surface area contributed by atoms with E-state index in [1.165, 1.54) is 0 Å². The number of benzene rings is 3. The molecule has 34 heavy (non-hydrogen) atoms. The zero-order chi connectivity index (χ0) is 23.6. The molecule has 0 aliphatic carbocycles. The number of amides is 2. The lowest BCUT2D eigenvalue weighted by atomic mass is 10.2. The number of piperazine rings is 1. The summed E-state index contributed by atoms with van der Waals surface area (Å²) in [6.45, 7) is 4.18. The number of anilines is 1. The summed E-state index contributed by atoms with van der Waals surface area (Å²) in [5.74, 6) is 1.25. The normalized spacial score (nSPS) is 14.4. The van der Waals surface area contributed by atoms with E-state index in [9.17, 15) is 9.59 Å². The van der Waals surface area contributed by atoms with E-state index < -0.39 is 0 Å². The summed E-state index contributed by atoms with van der Waals surface area (Å²) in [6, 6.07) is 26.8. The zero-order valence-electron chi connectivity index (χ0n) is 19.2. The van der Waals surface area contributed by atoms with Gasteiger partial charge in [0, 0.05) is 32.7 Å². The average Bonchev–Trinajstić information content (AvgIpc) is 2.86. The van der Waals surface area contributed by atoms with Crippen LogP contribution in [-0.4, -0.2) is 60.9 Å². The van der Waals surface area contributed by atoms with Crippen molar-refractivity contribution in [1.82, 2.24) is 15.1 Å². The van der Waals surface area contributed by atoms with E-state index in [-0.39, 0.29) is 11.8 Å². The van der Waals surface area contributed by atoms with E-state index >= 15 is 0 Å². The molecule has 3 aromatic carbocycles. The van der Waals surface area contributed by atoms with Crippen molar-refractivity contribution in [2.45, 2.75) is 6.54 Å². The molecule has 2 amide bonds. The number of rotatable bonds is 9. The Kier molecular flexibility index (Phi) is 8.27. The smallest absolute Gasteiger partial charge is 0.238 e. The van der Waals surface area contributed by atoms with Crippen LogP contribution in [0.2, 0.25) is 0 Å². The molecule has 1 aliphatic rings. The minimum atomic E-state index is -0.0850. The fraction of sp³-hybridized carbons (Fsp3) is 0.259. The van der Waals surface area contributed by atoms with Crippen LogP contribution in [0.15, 0.2) is 84.9 Å². The Hall–Kier alpha value is -3.68. The van der Waals surface area contributed by atoms with Gasteiger partial charge in [-0.25, -0.2) is 0 Å². The van der Waals surface area contributed by atoms with Crippen LogP contribution in [0.1, 0.15) is 5.56 Å². The Labute approximate surface area is 200 Å². The molecule has 0 bridgehead atoms. The van der Waals surface area contributed by atoms with Crippen LogP contribution in [0.5, 0.6) is 11.5 Å². The maximum absolute atomic E-state index is 12.7. The molecule has 1 aliphatic heterocycles. The van der Waals surface area contributed by atoms with Crippen LogP contribution < -0.4 is 15.4 Å². The molecule has 1 saturated heterocycles. The van der Waals surface area contributed by atoms with Gasteiger partial charge in [0.1, 0.15) is 5.75 Å². The second-order valence-corrected chi connectivity index (χ2v) is 8.27. The SMILES string of the molecule is O=C(CN1CCN(CC(=O)Nc2ccccc2Oc2ccccc2)CC1)NCc1ccccc1. The van der Waals surface area contributed by atoms with Gasteiger partial charge in [-0.3, -0.25) is 19.4 Å². The molecule has 0 spiro atoms. The van der Waals surface area contributed by atoms with Crippen molar-refractivity contribution in [3.63, 3.8) is 0 Å². The minimum Gasteiger partial charge on any atom is -0.455 e. The number of nitrogens with zero attached hydrogens (tertiary/aromatic N) is 2. The monoisotopic (exact) mass is 458 g/mol.